The van der Waals surface area contributed by atoms with E-state index in [0.29, 0.717) is 25.0 Å². The number of rotatable bonds is 7. The monoisotopic (exact) mass is 227 g/mol. The first-order valence-electron chi connectivity index (χ1n) is 5.21. The fraction of sp³-hybridized carbons (Fsp3) is 0.667. The van der Waals surface area contributed by atoms with Crippen molar-refractivity contribution >= 4 is 11.9 Å². The van der Waals surface area contributed by atoms with Gasteiger partial charge in [-0.3, -0.25) is 0 Å². The topological polar surface area (TPSA) is 92.2 Å². The van der Waals surface area contributed by atoms with Crippen LogP contribution in [0.3, 0.4) is 0 Å². The van der Waals surface area contributed by atoms with E-state index < -0.39 is 0 Å². The molecule has 0 saturated carbocycles. The van der Waals surface area contributed by atoms with Gasteiger partial charge in [-0.05, 0) is 6.42 Å². The Bertz CT molecular complexity index is 295. The van der Waals surface area contributed by atoms with Crippen LogP contribution in [0.5, 0.6) is 6.01 Å². The van der Waals surface area contributed by atoms with E-state index in [2.05, 4.69) is 25.6 Å². The molecule has 90 valence electrons. The number of nitrogens with one attached hydrogen (secondary N) is 2. The molecule has 7 heteroatoms. The molecule has 0 fully saturated rings. The molecule has 0 unspecified atom stereocenters. The summed E-state index contributed by atoms with van der Waals surface area (Å²) in [5, 5.41) is 14.4. The van der Waals surface area contributed by atoms with Gasteiger partial charge < -0.3 is 20.5 Å². The van der Waals surface area contributed by atoms with Gasteiger partial charge in [-0.1, -0.05) is 6.92 Å². The zero-order valence-electron chi connectivity index (χ0n) is 9.53. The summed E-state index contributed by atoms with van der Waals surface area (Å²) < 4.78 is 5.31. The molecule has 0 aliphatic heterocycles. The summed E-state index contributed by atoms with van der Waals surface area (Å²) in [7, 11) is 1.72. The molecule has 1 rings (SSSR count). The molecule has 16 heavy (non-hydrogen) atoms. The normalized spacial score (nSPS) is 9.94. The molecule has 0 atom stereocenters. The minimum Gasteiger partial charge on any atom is -0.463 e. The van der Waals surface area contributed by atoms with Crippen LogP contribution in [0.4, 0.5) is 11.9 Å². The molecule has 1 aromatic rings. The number of nitrogens with zero attached hydrogens (tertiary/aromatic N) is 3. The van der Waals surface area contributed by atoms with Crippen LogP contribution in [-0.4, -0.2) is 46.9 Å². The van der Waals surface area contributed by atoms with Gasteiger partial charge in [0.05, 0.1) is 13.2 Å². The Morgan fingerprint density at radius 2 is 2.00 bits per heavy atom. The van der Waals surface area contributed by atoms with E-state index >= 15 is 0 Å². The van der Waals surface area contributed by atoms with Crippen LogP contribution in [-0.2, 0) is 0 Å². The van der Waals surface area contributed by atoms with Gasteiger partial charge >= 0.3 is 6.01 Å². The maximum Gasteiger partial charge on any atom is 0.323 e. The standard InChI is InChI=1S/C9H17N5O2/c1-3-6-16-9-13-7(10-2)12-8(14-9)11-4-5-15/h15H,3-6H2,1-2H3,(H2,10,11,12,13,14). The average Bonchev–Trinajstić information content (AvgIpc) is 2.33. The Kier molecular flexibility index (Phi) is 5.27. The lowest BCUT2D eigenvalue weighted by molar-refractivity contribution is 0.291. The molecule has 7 nitrogen and oxygen atoms in total. The van der Waals surface area contributed by atoms with Crippen molar-refractivity contribution in [2.75, 3.05) is 37.4 Å². The van der Waals surface area contributed by atoms with E-state index in [1.807, 2.05) is 6.92 Å². The second-order valence-electron chi connectivity index (χ2n) is 3.01. The Labute approximate surface area is 94.3 Å². The van der Waals surface area contributed by atoms with Gasteiger partial charge in [0.1, 0.15) is 0 Å². The minimum atomic E-state index is 0.0196. The third-order valence-corrected chi connectivity index (χ3v) is 1.67. The third kappa shape index (κ3) is 3.85. The second-order valence-corrected chi connectivity index (χ2v) is 3.01. The molecule has 0 spiro atoms. The first-order valence-corrected chi connectivity index (χ1v) is 5.21. The first-order chi connectivity index (χ1) is 7.80. The van der Waals surface area contributed by atoms with E-state index in [-0.39, 0.29) is 12.6 Å². The molecule has 0 aliphatic carbocycles. The summed E-state index contributed by atoms with van der Waals surface area (Å²) in [5.41, 5.74) is 0. The van der Waals surface area contributed by atoms with Crippen molar-refractivity contribution in [3.05, 3.63) is 0 Å². The summed E-state index contributed by atoms with van der Waals surface area (Å²) in [6.45, 7) is 2.98. The smallest absolute Gasteiger partial charge is 0.323 e. The minimum absolute atomic E-state index is 0.0196. The van der Waals surface area contributed by atoms with Crippen molar-refractivity contribution in [3.63, 3.8) is 0 Å². The average molecular weight is 227 g/mol. The van der Waals surface area contributed by atoms with Gasteiger partial charge in [0.25, 0.3) is 0 Å². The van der Waals surface area contributed by atoms with Gasteiger partial charge in [0, 0.05) is 13.6 Å². The highest BCUT2D eigenvalue weighted by Crippen LogP contribution is 2.10. The molecule has 3 N–H and O–H groups in total. The van der Waals surface area contributed by atoms with Crippen LogP contribution >= 0.6 is 0 Å². The van der Waals surface area contributed by atoms with Crippen molar-refractivity contribution in [1.82, 2.24) is 15.0 Å². The Morgan fingerprint density at radius 1 is 1.25 bits per heavy atom. The molecule has 0 aliphatic rings. The summed E-state index contributed by atoms with van der Waals surface area (Å²) >= 11 is 0. The fourth-order valence-corrected chi connectivity index (χ4v) is 0.973. The summed E-state index contributed by atoms with van der Waals surface area (Å²) in [6.07, 6.45) is 0.889. The van der Waals surface area contributed by atoms with E-state index in [1.54, 1.807) is 7.05 Å². The molecule has 0 aromatic carbocycles. The van der Waals surface area contributed by atoms with Crippen molar-refractivity contribution in [3.8, 4) is 6.01 Å². The summed E-state index contributed by atoms with van der Waals surface area (Å²) in [6, 6.07) is 0.279. The van der Waals surface area contributed by atoms with Gasteiger partial charge in [0.15, 0.2) is 0 Å². The summed E-state index contributed by atoms with van der Waals surface area (Å²) in [4.78, 5) is 12.2. The number of hydrogen-bond donors (Lipinski definition) is 3. The Morgan fingerprint density at radius 3 is 2.62 bits per heavy atom. The molecule has 1 aromatic heterocycles. The quantitative estimate of drug-likeness (QED) is 0.608. The maximum absolute atomic E-state index is 8.68. The van der Waals surface area contributed by atoms with Crippen LogP contribution in [0, 0.1) is 0 Å². The number of aliphatic hydroxyl groups is 1. The number of aromatic nitrogens is 3. The predicted octanol–water partition coefficient (Wildman–Crippen LogP) is 0.106. The number of hydrogen-bond acceptors (Lipinski definition) is 7. The molecule has 0 bridgehead atoms. The zero-order chi connectivity index (χ0) is 11.8. The van der Waals surface area contributed by atoms with Crippen LogP contribution in [0.1, 0.15) is 13.3 Å². The fourth-order valence-electron chi connectivity index (χ4n) is 0.973. The first kappa shape index (κ1) is 12.4. The van der Waals surface area contributed by atoms with E-state index in [9.17, 15) is 0 Å². The highest BCUT2D eigenvalue weighted by molar-refractivity contribution is 5.35. The van der Waals surface area contributed by atoms with Crippen LogP contribution in [0.25, 0.3) is 0 Å². The van der Waals surface area contributed by atoms with Gasteiger partial charge in [0.2, 0.25) is 11.9 Å². The lowest BCUT2D eigenvalue weighted by atomic mass is 10.5. The van der Waals surface area contributed by atoms with Gasteiger partial charge in [-0.25, -0.2) is 0 Å². The highest BCUT2D eigenvalue weighted by Gasteiger charge is 2.05. The predicted molar refractivity (Wildman–Crippen MR) is 60.7 cm³/mol. The van der Waals surface area contributed by atoms with Crippen molar-refractivity contribution in [2.45, 2.75) is 13.3 Å². The van der Waals surface area contributed by atoms with Crippen LogP contribution < -0.4 is 15.4 Å². The lowest BCUT2D eigenvalue weighted by Gasteiger charge is -2.07. The number of anilines is 2. The molecule has 0 radical (unpaired) electrons. The van der Waals surface area contributed by atoms with Crippen molar-refractivity contribution in [1.29, 1.82) is 0 Å². The summed E-state index contributed by atoms with van der Waals surface area (Å²) in [5.74, 6) is 0.820. The van der Waals surface area contributed by atoms with Crippen molar-refractivity contribution < 1.29 is 9.84 Å². The third-order valence-electron chi connectivity index (χ3n) is 1.67. The number of ether oxygens (including phenoxy) is 1. The molecular weight excluding hydrogens is 210 g/mol. The molecule has 1 heterocycles. The zero-order valence-corrected chi connectivity index (χ0v) is 9.53. The van der Waals surface area contributed by atoms with Gasteiger partial charge in [-0.15, -0.1) is 0 Å². The largest absolute Gasteiger partial charge is 0.463 e. The Hall–Kier alpha value is -1.63. The Balaban J connectivity index is 2.74. The van der Waals surface area contributed by atoms with E-state index in [0.717, 1.165) is 6.42 Å². The maximum atomic E-state index is 8.68. The number of aliphatic hydroxyl groups excluding tert-OH is 1. The lowest BCUT2D eigenvalue weighted by Crippen LogP contribution is -2.12. The van der Waals surface area contributed by atoms with E-state index in [1.165, 1.54) is 0 Å². The van der Waals surface area contributed by atoms with Crippen LogP contribution in [0.15, 0.2) is 0 Å². The molecule has 0 saturated heterocycles. The molecular formula is C9H17N5O2. The van der Waals surface area contributed by atoms with Crippen molar-refractivity contribution in [2.24, 2.45) is 0 Å². The second kappa shape index (κ2) is 6.78. The molecule has 0 amide bonds. The van der Waals surface area contributed by atoms with E-state index in [4.69, 9.17) is 9.84 Å². The van der Waals surface area contributed by atoms with Crippen LogP contribution in [0.2, 0.25) is 0 Å². The highest BCUT2D eigenvalue weighted by atomic mass is 16.5. The van der Waals surface area contributed by atoms with Gasteiger partial charge in [-0.2, -0.15) is 15.0 Å². The SMILES string of the molecule is CCCOc1nc(NC)nc(NCCO)n1.